The van der Waals surface area contributed by atoms with Gasteiger partial charge < -0.3 is 10.2 Å². The van der Waals surface area contributed by atoms with Crippen molar-refractivity contribution >= 4 is 0 Å². The molecule has 0 saturated carbocycles. The Labute approximate surface area is 67.8 Å². The second kappa shape index (κ2) is 3.21. The minimum atomic E-state index is -0.402. The first kappa shape index (κ1) is 5.99. The molecular formula is C7H13N3O. The summed E-state index contributed by atoms with van der Waals surface area (Å²) < 4.78 is 12.5. The molecule has 0 aliphatic carbocycles. The molecule has 11 heavy (non-hydrogen) atoms. The SMILES string of the molecule is [2H]C1CN(N2CC=CN2)CCO1. The van der Waals surface area contributed by atoms with Crippen LogP contribution in [0, 0.1) is 0 Å². The van der Waals surface area contributed by atoms with Gasteiger partial charge in [0.15, 0.2) is 0 Å². The van der Waals surface area contributed by atoms with Gasteiger partial charge in [-0.15, -0.1) is 0 Å². The van der Waals surface area contributed by atoms with Crippen molar-refractivity contribution < 1.29 is 6.11 Å². The third kappa shape index (κ3) is 1.53. The van der Waals surface area contributed by atoms with Crippen molar-refractivity contribution in [1.29, 1.82) is 0 Å². The average molecular weight is 156 g/mol. The predicted molar refractivity (Wildman–Crippen MR) is 41.4 cm³/mol. The Morgan fingerprint density at radius 3 is 3.27 bits per heavy atom. The number of ether oxygens (including phenoxy) is 1. The Morgan fingerprint density at radius 1 is 1.55 bits per heavy atom. The van der Waals surface area contributed by atoms with E-state index in [1.54, 1.807) is 0 Å². The molecule has 0 aromatic heterocycles. The predicted octanol–water partition coefficient (Wildman–Crippen LogP) is -0.433. The van der Waals surface area contributed by atoms with Gasteiger partial charge in [-0.1, -0.05) is 0 Å². The first-order valence-corrected chi connectivity index (χ1v) is 3.84. The fourth-order valence-electron chi connectivity index (χ4n) is 1.23. The molecule has 2 heterocycles. The molecule has 62 valence electrons. The highest BCUT2D eigenvalue weighted by Crippen LogP contribution is 2.02. The van der Waals surface area contributed by atoms with Gasteiger partial charge in [-0.2, -0.15) is 5.12 Å². The molecule has 1 N–H and O–H groups in total. The molecule has 2 aliphatic rings. The lowest BCUT2D eigenvalue weighted by Gasteiger charge is -2.34. The van der Waals surface area contributed by atoms with Gasteiger partial charge in [0, 0.05) is 19.3 Å². The van der Waals surface area contributed by atoms with Gasteiger partial charge in [0.2, 0.25) is 0 Å². The van der Waals surface area contributed by atoms with E-state index in [-0.39, 0.29) is 0 Å². The number of nitrogens with one attached hydrogen (secondary N) is 1. The van der Waals surface area contributed by atoms with Crippen molar-refractivity contribution in [3.8, 4) is 0 Å². The van der Waals surface area contributed by atoms with Crippen molar-refractivity contribution in [3.63, 3.8) is 0 Å². The van der Waals surface area contributed by atoms with Crippen molar-refractivity contribution in [2.75, 3.05) is 32.8 Å². The van der Waals surface area contributed by atoms with Crippen LogP contribution in [0.25, 0.3) is 0 Å². The van der Waals surface area contributed by atoms with Crippen molar-refractivity contribution in [2.24, 2.45) is 0 Å². The molecule has 2 aliphatic heterocycles. The first-order chi connectivity index (χ1) is 5.86. The Morgan fingerprint density at radius 2 is 2.55 bits per heavy atom. The van der Waals surface area contributed by atoms with Crippen LogP contribution in [0.15, 0.2) is 12.3 Å². The largest absolute Gasteiger partial charge is 0.379 e. The zero-order chi connectivity index (χ0) is 8.39. The third-order valence-electron chi connectivity index (χ3n) is 1.83. The summed E-state index contributed by atoms with van der Waals surface area (Å²) in [7, 11) is 0. The molecule has 1 fully saturated rings. The fourth-order valence-corrected chi connectivity index (χ4v) is 1.23. The van der Waals surface area contributed by atoms with Crippen molar-refractivity contribution in [1.82, 2.24) is 15.6 Å². The molecule has 0 amide bonds. The lowest BCUT2D eigenvalue weighted by Crippen LogP contribution is -2.51. The van der Waals surface area contributed by atoms with Crippen LogP contribution in [0.3, 0.4) is 0 Å². The smallest absolute Gasteiger partial charge is 0.0608 e. The van der Waals surface area contributed by atoms with Gasteiger partial charge in [-0.05, 0) is 6.08 Å². The zero-order valence-corrected chi connectivity index (χ0v) is 6.36. The number of morpholine rings is 1. The van der Waals surface area contributed by atoms with E-state index >= 15 is 0 Å². The van der Waals surface area contributed by atoms with Crippen LogP contribution in [0.2, 0.25) is 0 Å². The van der Waals surface area contributed by atoms with Gasteiger partial charge in [0.1, 0.15) is 0 Å². The number of hydrogen-bond donors (Lipinski definition) is 1. The molecule has 1 saturated heterocycles. The van der Waals surface area contributed by atoms with Gasteiger partial charge in [0.25, 0.3) is 0 Å². The Hall–Kier alpha value is -0.580. The average Bonchev–Trinajstić information content (AvgIpc) is 2.56. The van der Waals surface area contributed by atoms with E-state index in [9.17, 15) is 0 Å². The molecule has 1 atom stereocenters. The molecule has 4 nitrogen and oxygen atoms in total. The highest BCUT2D eigenvalue weighted by Gasteiger charge is 2.17. The van der Waals surface area contributed by atoms with E-state index in [1.807, 2.05) is 11.3 Å². The summed E-state index contributed by atoms with van der Waals surface area (Å²) in [5.74, 6) is 0. The molecule has 0 aromatic rings. The molecule has 0 spiro atoms. The number of hydrazine groups is 2. The summed E-state index contributed by atoms with van der Waals surface area (Å²) in [6, 6.07) is 0. The fraction of sp³-hybridized carbons (Fsp3) is 0.714. The third-order valence-corrected chi connectivity index (χ3v) is 1.83. The van der Waals surface area contributed by atoms with E-state index in [4.69, 9.17) is 6.11 Å². The number of nitrogens with zero attached hydrogens (tertiary/aromatic N) is 2. The Balaban J connectivity index is 1.86. The second-order valence-corrected chi connectivity index (χ2v) is 2.56. The van der Waals surface area contributed by atoms with Crippen LogP contribution in [-0.4, -0.2) is 43.0 Å². The number of rotatable bonds is 1. The van der Waals surface area contributed by atoms with Crippen LogP contribution in [0.1, 0.15) is 1.37 Å². The topological polar surface area (TPSA) is 27.7 Å². The summed E-state index contributed by atoms with van der Waals surface area (Å²) in [4.78, 5) is 0. The van der Waals surface area contributed by atoms with E-state index in [0.717, 1.165) is 13.1 Å². The van der Waals surface area contributed by atoms with Crippen LogP contribution < -0.4 is 5.43 Å². The number of hydrogen-bond acceptors (Lipinski definition) is 4. The lowest BCUT2D eigenvalue weighted by atomic mass is 10.5. The quantitative estimate of drug-likeness (QED) is 0.557. The Bertz CT molecular complexity index is 179. The van der Waals surface area contributed by atoms with Gasteiger partial charge in [-0.3, -0.25) is 0 Å². The maximum Gasteiger partial charge on any atom is 0.0608 e. The summed E-state index contributed by atoms with van der Waals surface area (Å²) in [6.45, 7) is 2.64. The van der Waals surface area contributed by atoms with Crippen molar-refractivity contribution in [3.05, 3.63) is 12.3 Å². The van der Waals surface area contributed by atoms with E-state index in [1.165, 1.54) is 0 Å². The van der Waals surface area contributed by atoms with E-state index in [2.05, 4.69) is 16.5 Å². The molecule has 1 unspecified atom stereocenters. The normalized spacial score (nSPS) is 35.3. The highest BCUT2D eigenvalue weighted by molar-refractivity contribution is 4.87. The van der Waals surface area contributed by atoms with Crippen LogP contribution >= 0.6 is 0 Å². The van der Waals surface area contributed by atoms with E-state index in [0.29, 0.717) is 13.2 Å². The van der Waals surface area contributed by atoms with Crippen LogP contribution in [0.5, 0.6) is 0 Å². The van der Waals surface area contributed by atoms with Crippen molar-refractivity contribution in [2.45, 2.75) is 0 Å². The molecule has 0 radical (unpaired) electrons. The lowest BCUT2D eigenvalue weighted by molar-refractivity contribution is -0.0991. The molecule has 4 heteroatoms. The highest BCUT2D eigenvalue weighted by atomic mass is 16.5. The first-order valence-electron chi connectivity index (χ1n) is 4.41. The summed E-state index contributed by atoms with van der Waals surface area (Å²) in [5, 5.41) is 4.10. The monoisotopic (exact) mass is 156 g/mol. The standard InChI is InChI=1S/C7H13N3O/c1-2-8-10(3-1)9-4-6-11-7-5-9/h1-2,8H,3-7H2/i6D. The summed E-state index contributed by atoms with van der Waals surface area (Å²) >= 11 is 0. The van der Waals surface area contributed by atoms with E-state index < -0.39 is 6.58 Å². The zero-order valence-electron chi connectivity index (χ0n) is 7.36. The van der Waals surface area contributed by atoms with Gasteiger partial charge in [-0.25, -0.2) is 5.01 Å². The van der Waals surface area contributed by atoms with Gasteiger partial charge >= 0.3 is 0 Å². The Kier molecular flexibility index (Phi) is 1.75. The minimum Gasteiger partial charge on any atom is -0.379 e. The maximum atomic E-state index is 7.43. The molecule has 0 aromatic carbocycles. The second-order valence-electron chi connectivity index (χ2n) is 2.56. The molecular weight excluding hydrogens is 142 g/mol. The van der Waals surface area contributed by atoms with Gasteiger partial charge in [0.05, 0.1) is 21.1 Å². The molecule has 2 rings (SSSR count). The van der Waals surface area contributed by atoms with Crippen LogP contribution in [0.4, 0.5) is 0 Å². The summed E-state index contributed by atoms with van der Waals surface area (Å²) in [6.07, 6.45) is 3.96. The summed E-state index contributed by atoms with van der Waals surface area (Å²) in [5.41, 5.74) is 3.09. The maximum absolute atomic E-state index is 7.43. The minimum absolute atomic E-state index is 0.402. The molecule has 0 bridgehead atoms. The van der Waals surface area contributed by atoms with Crippen LogP contribution in [-0.2, 0) is 4.74 Å².